The molecule has 2 aromatic carbocycles. The normalized spacial score (nSPS) is 14.6. The van der Waals surface area contributed by atoms with Crippen molar-refractivity contribution in [3.8, 4) is 17.2 Å². The average Bonchev–Trinajstić information content (AvgIpc) is 3.21. The molecule has 5 heteroatoms. The van der Waals surface area contributed by atoms with Gasteiger partial charge in [-0.25, -0.2) is 0 Å². The fraction of sp³-hybridized carbons (Fsp3) is 0.318. The van der Waals surface area contributed by atoms with E-state index in [0.717, 1.165) is 31.5 Å². The summed E-state index contributed by atoms with van der Waals surface area (Å²) in [6, 6.07) is 11.2. The van der Waals surface area contributed by atoms with Crippen LogP contribution in [0.5, 0.6) is 17.2 Å². The predicted molar refractivity (Wildman–Crippen MR) is 106 cm³/mol. The van der Waals surface area contributed by atoms with E-state index in [9.17, 15) is 9.90 Å². The summed E-state index contributed by atoms with van der Waals surface area (Å²) >= 11 is 0. The quantitative estimate of drug-likeness (QED) is 0.594. The molecule has 0 radical (unpaired) electrons. The highest BCUT2D eigenvalue weighted by Crippen LogP contribution is 2.40. The van der Waals surface area contributed by atoms with Crippen molar-refractivity contribution in [1.29, 1.82) is 0 Å². The second-order valence-corrected chi connectivity index (χ2v) is 6.57. The third-order valence-electron chi connectivity index (χ3n) is 4.82. The van der Waals surface area contributed by atoms with Gasteiger partial charge in [0.05, 0.1) is 19.8 Å². The zero-order valence-corrected chi connectivity index (χ0v) is 15.8. The Kier molecular flexibility index (Phi) is 6.14. The fourth-order valence-corrected chi connectivity index (χ4v) is 3.38. The minimum atomic E-state index is -0.307. The molecule has 3 rings (SSSR count). The molecular weight excluding hydrogens is 342 g/mol. The van der Waals surface area contributed by atoms with Crippen LogP contribution in [0.3, 0.4) is 0 Å². The molecule has 0 unspecified atom stereocenters. The third kappa shape index (κ3) is 4.31. The molecule has 1 saturated heterocycles. The number of hydrogen-bond acceptors (Lipinski definition) is 5. The summed E-state index contributed by atoms with van der Waals surface area (Å²) in [6.45, 7) is 2.50. The number of hydrogen-bond donors (Lipinski definition) is 1. The standard InChI is InChI=1S/C22H25NO4/c1-26-19-14-20(27-2)21(18(24)11-10-16-8-4-3-5-9-16)22(25)17(19)15-23-12-6-7-13-23/h3-5,8-11,14,25H,6-7,12-13,15H2,1-2H3/b11-10+. The third-order valence-corrected chi connectivity index (χ3v) is 4.82. The average molecular weight is 367 g/mol. The van der Waals surface area contributed by atoms with Gasteiger partial charge in [-0.1, -0.05) is 36.4 Å². The molecule has 27 heavy (non-hydrogen) atoms. The number of ether oxygens (including phenoxy) is 2. The van der Waals surface area contributed by atoms with Crippen molar-refractivity contribution in [3.05, 3.63) is 59.2 Å². The highest BCUT2D eigenvalue weighted by molar-refractivity contribution is 6.11. The molecular formula is C22H25NO4. The highest BCUT2D eigenvalue weighted by atomic mass is 16.5. The molecule has 0 aromatic heterocycles. The first kappa shape index (κ1) is 19.0. The number of ketones is 1. The number of aromatic hydroxyl groups is 1. The van der Waals surface area contributed by atoms with Crippen LogP contribution in [0.4, 0.5) is 0 Å². The van der Waals surface area contributed by atoms with E-state index < -0.39 is 0 Å². The van der Waals surface area contributed by atoms with Crippen molar-refractivity contribution in [1.82, 2.24) is 4.90 Å². The van der Waals surface area contributed by atoms with Crippen molar-refractivity contribution in [2.75, 3.05) is 27.3 Å². The Labute approximate surface area is 159 Å². The van der Waals surface area contributed by atoms with Crippen molar-refractivity contribution in [2.45, 2.75) is 19.4 Å². The van der Waals surface area contributed by atoms with Gasteiger partial charge in [-0.15, -0.1) is 0 Å². The lowest BCUT2D eigenvalue weighted by Crippen LogP contribution is -2.19. The zero-order chi connectivity index (χ0) is 19.2. The van der Waals surface area contributed by atoms with Gasteiger partial charge in [-0.05, 0) is 37.6 Å². The maximum atomic E-state index is 12.8. The Hall–Kier alpha value is -2.79. The van der Waals surface area contributed by atoms with Gasteiger partial charge in [0.15, 0.2) is 5.78 Å². The molecule has 0 amide bonds. The number of methoxy groups -OCH3 is 2. The number of phenolic OH excluding ortho intramolecular Hbond substituents is 1. The maximum absolute atomic E-state index is 12.8. The second kappa shape index (κ2) is 8.73. The van der Waals surface area contributed by atoms with Crippen LogP contribution >= 0.6 is 0 Å². The monoisotopic (exact) mass is 367 g/mol. The number of phenols is 1. The first-order valence-corrected chi connectivity index (χ1v) is 9.10. The number of carbonyl (C=O) groups excluding carboxylic acids is 1. The van der Waals surface area contributed by atoms with Crippen LogP contribution < -0.4 is 9.47 Å². The summed E-state index contributed by atoms with van der Waals surface area (Å²) in [5.41, 5.74) is 1.70. The molecule has 142 valence electrons. The molecule has 1 heterocycles. The summed E-state index contributed by atoms with van der Waals surface area (Å²) < 4.78 is 10.8. The van der Waals surface area contributed by atoms with Crippen LogP contribution in [0.1, 0.15) is 34.3 Å². The van der Waals surface area contributed by atoms with E-state index in [2.05, 4.69) is 4.90 Å². The Morgan fingerprint density at radius 2 is 1.78 bits per heavy atom. The molecule has 2 aromatic rings. The summed E-state index contributed by atoms with van der Waals surface area (Å²) in [7, 11) is 3.03. The van der Waals surface area contributed by atoms with Gasteiger partial charge in [-0.2, -0.15) is 0 Å². The van der Waals surface area contributed by atoms with Crippen molar-refractivity contribution in [3.63, 3.8) is 0 Å². The molecule has 5 nitrogen and oxygen atoms in total. The lowest BCUT2D eigenvalue weighted by atomic mass is 10.0. The van der Waals surface area contributed by atoms with Gasteiger partial charge in [0, 0.05) is 12.6 Å². The van der Waals surface area contributed by atoms with Crippen LogP contribution in [-0.4, -0.2) is 43.1 Å². The highest BCUT2D eigenvalue weighted by Gasteiger charge is 2.25. The van der Waals surface area contributed by atoms with Crippen LogP contribution in [-0.2, 0) is 6.54 Å². The second-order valence-electron chi connectivity index (χ2n) is 6.57. The fourth-order valence-electron chi connectivity index (χ4n) is 3.38. The maximum Gasteiger partial charge on any atom is 0.193 e. The summed E-state index contributed by atoms with van der Waals surface area (Å²) in [5.74, 6) is 0.455. The van der Waals surface area contributed by atoms with Crippen LogP contribution in [0.25, 0.3) is 6.08 Å². The molecule has 0 bridgehead atoms. The van der Waals surface area contributed by atoms with Gasteiger partial charge in [0.1, 0.15) is 22.8 Å². The topological polar surface area (TPSA) is 59.0 Å². The van der Waals surface area contributed by atoms with Gasteiger partial charge >= 0.3 is 0 Å². The minimum absolute atomic E-state index is 0.0687. The SMILES string of the molecule is COc1cc(OC)c(C(=O)/C=C/c2ccccc2)c(O)c1CN1CCCC1. The molecule has 0 aliphatic carbocycles. The number of rotatable bonds is 7. The first-order chi connectivity index (χ1) is 13.1. The van der Waals surface area contributed by atoms with Crippen LogP contribution in [0, 0.1) is 0 Å². The zero-order valence-electron chi connectivity index (χ0n) is 15.8. The van der Waals surface area contributed by atoms with E-state index in [1.54, 1.807) is 19.3 Å². The molecule has 0 atom stereocenters. The summed E-state index contributed by atoms with van der Waals surface area (Å²) in [5, 5.41) is 10.9. The van der Waals surface area contributed by atoms with Gasteiger partial charge < -0.3 is 14.6 Å². The first-order valence-electron chi connectivity index (χ1n) is 9.10. The number of nitrogens with zero attached hydrogens (tertiary/aromatic N) is 1. The van der Waals surface area contributed by atoms with Crippen molar-refractivity contribution >= 4 is 11.9 Å². The molecule has 1 N–H and O–H groups in total. The van der Waals surface area contributed by atoms with E-state index in [1.165, 1.54) is 13.2 Å². The van der Waals surface area contributed by atoms with E-state index in [1.807, 2.05) is 30.3 Å². The molecule has 1 fully saturated rings. The number of benzene rings is 2. The molecule has 1 aliphatic rings. The van der Waals surface area contributed by atoms with Crippen molar-refractivity contribution in [2.24, 2.45) is 0 Å². The Bertz CT molecular complexity index is 824. The van der Waals surface area contributed by atoms with Gasteiger partial charge in [-0.3, -0.25) is 9.69 Å². The Morgan fingerprint density at radius 3 is 2.41 bits per heavy atom. The minimum Gasteiger partial charge on any atom is -0.507 e. The number of carbonyl (C=O) groups is 1. The summed E-state index contributed by atoms with van der Waals surface area (Å²) in [4.78, 5) is 15.1. The van der Waals surface area contributed by atoms with Crippen LogP contribution in [0.2, 0.25) is 0 Å². The number of allylic oxidation sites excluding steroid dienone is 1. The lowest BCUT2D eigenvalue weighted by molar-refractivity contribution is 0.104. The smallest absolute Gasteiger partial charge is 0.193 e. The lowest BCUT2D eigenvalue weighted by Gasteiger charge is -2.20. The molecule has 0 spiro atoms. The van der Waals surface area contributed by atoms with Crippen molar-refractivity contribution < 1.29 is 19.4 Å². The van der Waals surface area contributed by atoms with Gasteiger partial charge in [0.2, 0.25) is 0 Å². The largest absolute Gasteiger partial charge is 0.507 e. The van der Waals surface area contributed by atoms with E-state index >= 15 is 0 Å². The molecule has 0 saturated carbocycles. The Morgan fingerprint density at radius 1 is 1.11 bits per heavy atom. The summed E-state index contributed by atoms with van der Waals surface area (Å²) in [6.07, 6.45) is 5.47. The Balaban J connectivity index is 1.97. The molecule has 1 aliphatic heterocycles. The predicted octanol–water partition coefficient (Wildman–Crippen LogP) is 3.90. The van der Waals surface area contributed by atoms with Gasteiger partial charge in [0.25, 0.3) is 0 Å². The number of likely N-dealkylation sites (tertiary alicyclic amines) is 1. The van der Waals surface area contributed by atoms with E-state index in [4.69, 9.17) is 9.47 Å². The van der Waals surface area contributed by atoms with E-state index in [0.29, 0.717) is 23.6 Å². The van der Waals surface area contributed by atoms with E-state index in [-0.39, 0.29) is 17.1 Å². The van der Waals surface area contributed by atoms with Crippen LogP contribution in [0.15, 0.2) is 42.5 Å².